The summed E-state index contributed by atoms with van der Waals surface area (Å²) in [4.78, 5) is 5.96. The largest absolute Gasteiger partial charge is 0.361 e. The maximum absolute atomic E-state index is 3.45. The van der Waals surface area contributed by atoms with Crippen LogP contribution in [0.2, 0.25) is 0 Å². The summed E-state index contributed by atoms with van der Waals surface area (Å²) < 4.78 is 0. The van der Waals surface area contributed by atoms with Gasteiger partial charge in [0.1, 0.15) is 0 Å². The van der Waals surface area contributed by atoms with E-state index in [2.05, 4.69) is 60.2 Å². The normalized spacial score (nSPS) is 19.4. The summed E-state index contributed by atoms with van der Waals surface area (Å²) in [5, 5.41) is 4.74. The number of benzene rings is 1. The molecule has 3 heteroatoms. The lowest BCUT2D eigenvalue weighted by Crippen LogP contribution is -2.48. The number of piperazine rings is 1. The highest BCUT2D eigenvalue weighted by atomic mass is 15.2. The average Bonchev–Trinajstić information content (AvgIpc) is 2.86. The van der Waals surface area contributed by atoms with E-state index in [4.69, 9.17) is 0 Å². The van der Waals surface area contributed by atoms with Crippen LogP contribution >= 0.6 is 0 Å². The Kier molecular flexibility index (Phi) is 3.57. The van der Waals surface area contributed by atoms with Gasteiger partial charge in [-0.15, -0.1) is 0 Å². The Labute approximate surface area is 121 Å². The molecule has 1 aliphatic heterocycles. The molecular weight excluding hydrogens is 246 g/mol. The molecule has 1 aromatic heterocycles. The van der Waals surface area contributed by atoms with Gasteiger partial charge < -0.3 is 10.3 Å². The molecule has 0 saturated carbocycles. The molecule has 108 valence electrons. The molecule has 0 spiro atoms. The SMILES string of the molecule is CC(C)(C)[C@H](c1ccc2cc[nH]c2c1)N1CCNCC1. The molecule has 0 aliphatic carbocycles. The maximum Gasteiger partial charge on any atom is 0.0457 e. The monoisotopic (exact) mass is 271 g/mol. The Morgan fingerprint density at radius 1 is 1.10 bits per heavy atom. The third-order valence-electron chi connectivity index (χ3n) is 4.23. The molecule has 0 amide bonds. The zero-order chi connectivity index (χ0) is 14.2. The van der Waals surface area contributed by atoms with Crippen LogP contribution in [0.5, 0.6) is 0 Å². The third-order valence-corrected chi connectivity index (χ3v) is 4.23. The van der Waals surface area contributed by atoms with Gasteiger partial charge in [-0.1, -0.05) is 32.9 Å². The first-order valence-electron chi connectivity index (χ1n) is 7.57. The van der Waals surface area contributed by atoms with Gasteiger partial charge in [0.15, 0.2) is 0 Å². The van der Waals surface area contributed by atoms with Crippen molar-refractivity contribution in [3.05, 3.63) is 36.0 Å². The van der Waals surface area contributed by atoms with Gasteiger partial charge >= 0.3 is 0 Å². The van der Waals surface area contributed by atoms with Crippen molar-refractivity contribution in [2.24, 2.45) is 5.41 Å². The first-order chi connectivity index (χ1) is 9.55. The van der Waals surface area contributed by atoms with E-state index in [9.17, 15) is 0 Å². The van der Waals surface area contributed by atoms with Crippen molar-refractivity contribution in [1.82, 2.24) is 15.2 Å². The molecule has 3 nitrogen and oxygen atoms in total. The topological polar surface area (TPSA) is 31.1 Å². The lowest BCUT2D eigenvalue weighted by molar-refractivity contribution is 0.0863. The minimum Gasteiger partial charge on any atom is -0.361 e. The number of nitrogens with zero attached hydrogens (tertiary/aromatic N) is 1. The summed E-state index contributed by atoms with van der Waals surface area (Å²) >= 11 is 0. The highest BCUT2D eigenvalue weighted by Gasteiger charge is 2.32. The molecule has 2 N–H and O–H groups in total. The fourth-order valence-corrected chi connectivity index (χ4v) is 3.43. The van der Waals surface area contributed by atoms with Crippen LogP contribution in [0.4, 0.5) is 0 Å². The van der Waals surface area contributed by atoms with Crippen LogP contribution in [0.1, 0.15) is 32.4 Å². The van der Waals surface area contributed by atoms with E-state index in [0.717, 1.165) is 26.2 Å². The van der Waals surface area contributed by atoms with E-state index in [1.807, 2.05) is 6.20 Å². The number of hydrogen-bond acceptors (Lipinski definition) is 2. The molecule has 20 heavy (non-hydrogen) atoms. The molecular formula is C17H25N3. The molecule has 0 bridgehead atoms. The van der Waals surface area contributed by atoms with Crippen LogP contribution in [0.3, 0.4) is 0 Å². The second kappa shape index (κ2) is 5.23. The van der Waals surface area contributed by atoms with Crippen molar-refractivity contribution in [2.45, 2.75) is 26.8 Å². The van der Waals surface area contributed by atoms with E-state index in [1.165, 1.54) is 16.5 Å². The fraction of sp³-hybridized carbons (Fsp3) is 0.529. The zero-order valence-corrected chi connectivity index (χ0v) is 12.7. The van der Waals surface area contributed by atoms with Gasteiger partial charge in [0, 0.05) is 43.9 Å². The Balaban J connectivity index is 1.99. The molecule has 3 rings (SSSR count). The molecule has 2 aromatic rings. The van der Waals surface area contributed by atoms with Gasteiger partial charge in [-0.2, -0.15) is 0 Å². The number of fused-ring (bicyclic) bond motifs is 1. The summed E-state index contributed by atoms with van der Waals surface area (Å²) in [5.74, 6) is 0. The minimum absolute atomic E-state index is 0.234. The van der Waals surface area contributed by atoms with E-state index in [1.54, 1.807) is 0 Å². The molecule has 1 atom stereocenters. The van der Waals surface area contributed by atoms with Crippen molar-refractivity contribution in [3.8, 4) is 0 Å². The van der Waals surface area contributed by atoms with Crippen LogP contribution in [-0.2, 0) is 0 Å². The van der Waals surface area contributed by atoms with Gasteiger partial charge in [-0.05, 0) is 28.5 Å². The predicted octanol–water partition coefficient (Wildman–Crippen LogP) is 3.16. The molecule has 1 fully saturated rings. The lowest BCUT2D eigenvalue weighted by Gasteiger charge is -2.42. The Morgan fingerprint density at radius 2 is 1.85 bits per heavy atom. The second-order valence-electron chi connectivity index (χ2n) is 6.88. The number of rotatable bonds is 2. The number of hydrogen-bond donors (Lipinski definition) is 2. The Bertz CT molecular complexity index is 573. The van der Waals surface area contributed by atoms with Crippen molar-refractivity contribution in [3.63, 3.8) is 0 Å². The van der Waals surface area contributed by atoms with E-state index >= 15 is 0 Å². The van der Waals surface area contributed by atoms with Crippen LogP contribution in [0.15, 0.2) is 30.5 Å². The van der Waals surface area contributed by atoms with Gasteiger partial charge in [-0.3, -0.25) is 4.90 Å². The number of nitrogens with one attached hydrogen (secondary N) is 2. The van der Waals surface area contributed by atoms with Crippen molar-refractivity contribution >= 4 is 10.9 Å². The summed E-state index contributed by atoms with van der Waals surface area (Å²) in [6, 6.07) is 9.47. The molecule has 0 radical (unpaired) electrons. The van der Waals surface area contributed by atoms with Gasteiger partial charge in [0.25, 0.3) is 0 Å². The molecule has 1 aromatic carbocycles. The minimum atomic E-state index is 0.234. The number of aromatic nitrogens is 1. The lowest BCUT2D eigenvalue weighted by atomic mass is 9.80. The van der Waals surface area contributed by atoms with Gasteiger partial charge in [-0.25, -0.2) is 0 Å². The quantitative estimate of drug-likeness (QED) is 0.879. The average molecular weight is 271 g/mol. The summed E-state index contributed by atoms with van der Waals surface area (Å²) in [6.45, 7) is 11.5. The molecule has 1 aliphatic rings. The van der Waals surface area contributed by atoms with Gasteiger partial charge in [0.2, 0.25) is 0 Å². The zero-order valence-electron chi connectivity index (χ0n) is 12.7. The van der Waals surface area contributed by atoms with Crippen LogP contribution in [-0.4, -0.2) is 36.1 Å². The van der Waals surface area contributed by atoms with Crippen molar-refractivity contribution in [1.29, 1.82) is 0 Å². The summed E-state index contributed by atoms with van der Waals surface area (Å²) in [5.41, 5.74) is 2.90. The number of H-pyrrole nitrogens is 1. The first kappa shape index (κ1) is 13.7. The Hall–Kier alpha value is -1.32. The van der Waals surface area contributed by atoms with Crippen LogP contribution in [0.25, 0.3) is 10.9 Å². The Morgan fingerprint density at radius 3 is 2.55 bits per heavy atom. The number of aromatic amines is 1. The molecule has 1 saturated heterocycles. The van der Waals surface area contributed by atoms with Crippen LogP contribution < -0.4 is 5.32 Å². The highest BCUT2D eigenvalue weighted by molar-refractivity contribution is 5.80. The predicted molar refractivity (Wildman–Crippen MR) is 84.9 cm³/mol. The standard InChI is InChI=1S/C17H25N3/c1-17(2,3)16(20-10-8-18-9-11-20)14-5-4-13-6-7-19-15(13)12-14/h4-7,12,16,18-19H,8-11H2,1-3H3/t16-/m0/s1. The van der Waals surface area contributed by atoms with E-state index < -0.39 is 0 Å². The van der Waals surface area contributed by atoms with Crippen molar-refractivity contribution in [2.75, 3.05) is 26.2 Å². The van der Waals surface area contributed by atoms with E-state index in [0.29, 0.717) is 6.04 Å². The van der Waals surface area contributed by atoms with E-state index in [-0.39, 0.29) is 5.41 Å². The fourth-order valence-electron chi connectivity index (χ4n) is 3.43. The highest BCUT2D eigenvalue weighted by Crippen LogP contribution is 2.38. The summed E-state index contributed by atoms with van der Waals surface area (Å²) in [6.07, 6.45) is 2.02. The van der Waals surface area contributed by atoms with Crippen molar-refractivity contribution < 1.29 is 0 Å². The third kappa shape index (κ3) is 2.60. The second-order valence-corrected chi connectivity index (χ2v) is 6.88. The van der Waals surface area contributed by atoms with Gasteiger partial charge in [0.05, 0.1) is 0 Å². The maximum atomic E-state index is 3.45. The first-order valence-corrected chi connectivity index (χ1v) is 7.57. The van der Waals surface area contributed by atoms with Crippen LogP contribution in [0, 0.1) is 5.41 Å². The summed E-state index contributed by atoms with van der Waals surface area (Å²) in [7, 11) is 0. The smallest absolute Gasteiger partial charge is 0.0457 e. The molecule has 2 heterocycles. The molecule has 0 unspecified atom stereocenters.